The van der Waals surface area contributed by atoms with Crippen molar-refractivity contribution in [3.05, 3.63) is 29.8 Å². The average Bonchev–Trinajstić information content (AvgIpc) is 2.04. The van der Waals surface area contributed by atoms with E-state index in [0.29, 0.717) is 0 Å². The monoisotopic (exact) mass is 165 g/mol. The van der Waals surface area contributed by atoms with Crippen molar-refractivity contribution in [2.24, 2.45) is 0 Å². The van der Waals surface area contributed by atoms with E-state index in [0.717, 1.165) is 11.3 Å². The number of rotatable bonds is 2. The van der Waals surface area contributed by atoms with E-state index >= 15 is 0 Å². The van der Waals surface area contributed by atoms with Gasteiger partial charge >= 0.3 is 0 Å². The van der Waals surface area contributed by atoms with Crippen LogP contribution in [0.3, 0.4) is 0 Å². The highest BCUT2D eigenvalue weighted by Gasteiger charge is 2.00. The Morgan fingerprint density at radius 2 is 1.67 bits per heavy atom. The molecule has 2 heteroatoms. The van der Waals surface area contributed by atoms with Crippen LogP contribution in [0.25, 0.3) is 0 Å². The van der Waals surface area contributed by atoms with Gasteiger partial charge in [0.25, 0.3) is 0 Å². The number of anilines is 1. The third-order valence-corrected chi connectivity index (χ3v) is 1.89. The zero-order valence-electron chi connectivity index (χ0n) is 7.78. The Hall–Kier alpha value is -1.02. The highest BCUT2D eigenvalue weighted by molar-refractivity contribution is 5.46. The van der Waals surface area contributed by atoms with Gasteiger partial charge in [-0.2, -0.15) is 0 Å². The lowest BCUT2D eigenvalue weighted by Gasteiger charge is -2.13. The van der Waals surface area contributed by atoms with Gasteiger partial charge in [-0.15, -0.1) is 0 Å². The molecular weight excluding hydrogens is 150 g/mol. The average molecular weight is 165 g/mol. The molecule has 1 N–H and O–H groups in total. The second-order valence-corrected chi connectivity index (χ2v) is 3.16. The Labute approximate surface area is 73.4 Å². The normalized spacial score (nSPS) is 12.7. The van der Waals surface area contributed by atoms with Crippen LogP contribution < -0.4 is 4.90 Å². The van der Waals surface area contributed by atoms with Crippen LogP contribution in [0.1, 0.15) is 18.6 Å². The lowest BCUT2D eigenvalue weighted by Crippen LogP contribution is -2.08. The predicted molar refractivity (Wildman–Crippen MR) is 51.4 cm³/mol. The minimum Gasteiger partial charge on any atom is -0.389 e. The first-order chi connectivity index (χ1) is 5.61. The van der Waals surface area contributed by atoms with E-state index in [4.69, 9.17) is 0 Å². The Morgan fingerprint density at radius 1 is 1.17 bits per heavy atom. The van der Waals surface area contributed by atoms with Gasteiger partial charge in [0.15, 0.2) is 0 Å². The third kappa shape index (κ3) is 1.98. The van der Waals surface area contributed by atoms with E-state index in [1.807, 2.05) is 43.3 Å². The first-order valence-corrected chi connectivity index (χ1v) is 4.06. The maximum absolute atomic E-state index is 9.24. The van der Waals surface area contributed by atoms with Crippen LogP contribution in [0.2, 0.25) is 0 Å². The van der Waals surface area contributed by atoms with Crippen molar-refractivity contribution in [3.63, 3.8) is 0 Å². The summed E-state index contributed by atoms with van der Waals surface area (Å²) >= 11 is 0. The van der Waals surface area contributed by atoms with Crippen LogP contribution >= 0.6 is 0 Å². The molecule has 0 spiro atoms. The molecule has 0 saturated carbocycles. The zero-order valence-corrected chi connectivity index (χ0v) is 7.78. The van der Waals surface area contributed by atoms with Crippen LogP contribution in [0.15, 0.2) is 24.3 Å². The van der Waals surface area contributed by atoms with E-state index in [-0.39, 0.29) is 6.10 Å². The summed E-state index contributed by atoms with van der Waals surface area (Å²) in [5, 5.41) is 9.24. The molecule has 2 nitrogen and oxygen atoms in total. The third-order valence-electron chi connectivity index (χ3n) is 1.89. The maximum atomic E-state index is 9.24. The van der Waals surface area contributed by atoms with E-state index < -0.39 is 0 Å². The molecule has 0 saturated heterocycles. The zero-order chi connectivity index (χ0) is 9.14. The fraction of sp³-hybridized carbons (Fsp3) is 0.400. The number of benzene rings is 1. The van der Waals surface area contributed by atoms with Crippen molar-refractivity contribution in [1.29, 1.82) is 0 Å². The van der Waals surface area contributed by atoms with Gasteiger partial charge in [-0.05, 0) is 24.6 Å². The number of nitrogens with zero attached hydrogens (tertiary/aromatic N) is 1. The van der Waals surface area contributed by atoms with Gasteiger partial charge in [-0.25, -0.2) is 0 Å². The highest BCUT2D eigenvalue weighted by atomic mass is 16.3. The number of hydrogen-bond donors (Lipinski definition) is 1. The molecule has 1 rings (SSSR count). The molecule has 0 aliphatic carbocycles. The summed E-state index contributed by atoms with van der Waals surface area (Å²) in [6.45, 7) is 1.77. The molecule has 0 amide bonds. The molecule has 0 aliphatic heterocycles. The fourth-order valence-corrected chi connectivity index (χ4v) is 1.05. The summed E-state index contributed by atoms with van der Waals surface area (Å²) in [4.78, 5) is 2.03. The largest absolute Gasteiger partial charge is 0.389 e. The van der Waals surface area contributed by atoms with Crippen LogP contribution in [0.5, 0.6) is 0 Å². The van der Waals surface area contributed by atoms with Crippen molar-refractivity contribution in [3.8, 4) is 0 Å². The number of aliphatic hydroxyl groups excluding tert-OH is 1. The summed E-state index contributed by atoms with van der Waals surface area (Å²) in [6.07, 6.45) is -0.374. The van der Waals surface area contributed by atoms with Gasteiger partial charge in [0.1, 0.15) is 0 Å². The van der Waals surface area contributed by atoms with Crippen LogP contribution in [-0.4, -0.2) is 19.2 Å². The van der Waals surface area contributed by atoms with Gasteiger partial charge in [-0.1, -0.05) is 12.1 Å². The molecule has 12 heavy (non-hydrogen) atoms. The standard InChI is InChI=1S/C10H15NO/c1-8(12)9-4-6-10(7-5-9)11(2)3/h4-8,12H,1-3H3. The molecular formula is C10H15NO. The van der Waals surface area contributed by atoms with E-state index in [2.05, 4.69) is 0 Å². The molecule has 0 aliphatic rings. The molecule has 66 valence electrons. The Kier molecular flexibility index (Phi) is 2.71. The first kappa shape index (κ1) is 9.07. The Balaban J connectivity index is 2.86. The molecule has 1 unspecified atom stereocenters. The Bertz CT molecular complexity index is 212. The maximum Gasteiger partial charge on any atom is 0.0761 e. The van der Waals surface area contributed by atoms with E-state index in [9.17, 15) is 5.11 Å². The highest BCUT2D eigenvalue weighted by Crippen LogP contribution is 2.16. The van der Waals surface area contributed by atoms with Gasteiger partial charge in [0.05, 0.1) is 6.10 Å². The smallest absolute Gasteiger partial charge is 0.0761 e. The summed E-state index contributed by atoms with van der Waals surface area (Å²) in [5.74, 6) is 0. The van der Waals surface area contributed by atoms with Crippen molar-refractivity contribution < 1.29 is 5.11 Å². The summed E-state index contributed by atoms with van der Waals surface area (Å²) in [7, 11) is 3.99. The summed E-state index contributed by atoms with van der Waals surface area (Å²) < 4.78 is 0. The van der Waals surface area contributed by atoms with Crippen molar-refractivity contribution in [1.82, 2.24) is 0 Å². The molecule has 1 atom stereocenters. The lowest BCUT2D eigenvalue weighted by molar-refractivity contribution is 0.199. The van der Waals surface area contributed by atoms with Crippen molar-refractivity contribution in [2.45, 2.75) is 13.0 Å². The fourth-order valence-electron chi connectivity index (χ4n) is 1.05. The second kappa shape index (κ2) is 3.59. The Morgan fingerprint density at radius 3 is 2.00 bits per heavy atom. The molecule has 0 heterocycles. The summed E-state index contributed by atoms with van der Waals surface area (Å²) in [5.41, 5.74) is 2.11. The molecule has 1 aromatic carbocycles. The van der Waals surface area contributed by atoms with Gasteiger partial charge in [0, 0.05) is 19.8 Å². The van der Waals surface area contributed by atoms with Gasteiger partial charge < -0.3 is 10.0 Å². The lowest BCUT2D eigenvalue weighted by atomic mass is 10.1. The minimum atomic E-state index is -0.374. The van der Waals surface area contributed by atoms with Crippen molar-refractivity contribution >= 4 is 5.69 Å². The van der Waals surface area contributed by atoms with Gasteiger partial charge in [-0.3, -0.25) is 0 Å². The molecule has 0 bridgehead atoms. The first-order valence-electron chi connectivity index (χ1n) is 4.06. The van der Waals surface area contributed by atoms with E-state index in [1.54, 1.807) is 6.92 Å². The second-order valence-electron chi connectivity index (χ2n) is 3.16. The minimum absolute atomic E-state index is 0.374. The quantitative estimate of drug-likeness (QED) is 0.722. The number of aliphatic hydroxyl groups is 1. The van der Waals surface area contributed by atoms with Crippen LogP contribution in [0, 0.1) is 0 Å². The molecule has 1 aromatic rings. The van der Waals surface area contributed by atoms with Gasteiger partial charge in [0.2, 0.25) is 0 Å². The topological polar surface area (TPSA) is 23.5 Å². The molecule has 0 aromatic heterocycles. The van der Waals surface area contributed by atoms with Crippen LogP contribution in [-0.2, 0) is 0 Å². The van der Waals surface area contributed by atoms with Crippen LogP contribution in [0.4, 0.5) is 5.69 Å². The predicted octanol–water partition coefficient (Wildman–Crippen LogP) is 1.81. The van der Waals surface area contributed by atoms with E-state index in [1.165, 1.54) is 0 Å². The SMILES string of the molecule is CC(O)c1ccc(N(C)C)cc1. The van der Waals surface area contributed by atoms with Crippen molar-refractivity contribution in [2.75, 3.05) is 19.0 Å². The number of hydrogen-bond acceptors (Lipinski definition) is 2. The molecule has 0 fully saturated rings. The summed E-state index contributed by atoms with van der Waals surface area (Å²) in [6, 6.07) is 7.89. The molecule has 0 radical (unpaired) electrons.